The maximum atomic E-state index is 2.63. The average Bonchev–Trinajstić information content (AvgIpc) is 3.71. The van der Waals surface area contributed by atoms with Crippen LogP contribution in [0.4, 0.5) is 0 Å². The Bertz CT molecular complexity index is 2590. The highest BCUT2D eigenvalue weighted by Gasteiger charge is 2.23. The molecule has 4 aromatic carbocycles. The highest BCUT2D eigenvalue weighted by molar-refractivity contribution is 6.08. The van der Waals surface area contributed by atoms with Gasteiger partial charge in [0.15, 0.2) is 0 Å². The Morgan fingerprint density at radius 3 is 2.30 bits per heavy atom. The van der Waals surface area contributed by atoms with Gasteiger partial charge in [0.05, 0.1) is 5.52 Å². The first-order valence-corrected chi connectivity index (χ1v) is 18.6. The summed E-state index contributed by atoms with van der Waals surface area (Å²) in [5, 5.41) is 6.85. The number of hydrogen-bond acceptors (Lipinski definition) is 0. The summed E-state index contributed by atoms with van der Waals surface area (Å²) >= 11 is 0. The molecule has 50 heavy (non-hydrogen) atoms. The maximum absolute atomic E-state index is 2.63. The normalized spacial score (nSPS) is 21.6. The molecule has 2 heterocycles. The number of fused-ring (bicyclic) bond motifs is 6. The predicted molar refractivity (Wildman–Crippen MR) is 213 cm³/mol. The van der Waals surface area contributed by atoms with Gasteiger partial charge in [0.1, 0.15) is 0 Å². The van der Waals surface area contributed by atoms with Crippen molar-refractivity contribution in [3.8, 4) is 0 Å². The zero-order chi connectivity index (χ0) is 33.0. The lowest BCUT2D eigenvalue weighted by molar-refractivity contribution is 0.485. The van der Waals surface area contributed by atoms with E-state index in [4.69, 9.17) is 0 Å². The monoisotopic (exact) mass is 646 g/mol. The molecule has 6 aromatic rings. The minimum atomic E-state index is 0.345. The first-order chi connectivity index (χ1) is 24.8. The molecule has 2 heteroatoms. The van der Waals surface area contributed by atoms with Crippen LogP contribution < -0.4 is 10.6 Å². The van der Waals surface area contributed by atoms with Crippen LogP contribution in [0, 0.1) is 0 Å². The van der Waals surface area contributed by atoms with Gasteiger partial charge in [-0.25, -0.2) is 0 Å². The number of aromatic nitrogens is 2. The lowest BCUT2D eigenvalue weighted by atomic mass is 9.84. The third-order valence-corrected chi connectivity index (χ3v) is 11.8. The van der Waals surface area contributed by atoms with Crippen LogP contribution in [0.15, 0.2) is 140 Å². The van der Waals surface area contributed by atoms with Crippen LogP contribution in [0.3, 0.4) is 0 Å². The maximum Gasteiger partial charge on any atom is 0.0537 e. The molecule has 0 fully saturated rings. The van der Waals surface area contributed by atoms with E-state index in [0.717, 1.165) is 38.5 Å². The fraction of sp³-hybridized carbons (Fsp3) is 0.208. The van der Waals surface area contributed by atoms with Gasteiger partial charge in [0.2, 0.25) is 0 Å². The Balaban J connectivity index is 1.04. The molecule has 0 amide bonds. The second-order valence-electron chi connectivity index (χ2n) is 14.6. The molecule has 3 unspecified atom stereocenters. The van der Waals surface area contributed by atoms with Crippen LogP contribution in [-0.2, 0) is 0 Å². The van der Waals surface area contributed by atoms with E-state index in [1.807, 2.05) is 0 Å². The summed E-state index contributed by atoms with van der Waals surface area (Å²) in [6.07, 6.45) is 31.2. The van der Waals surface area contributed by atoms with Gasteiger partial charge in [-0.15, -0.1) is 0 Å². The van der Waals surface area contributed by atoms with Crippen molar-refractivity contribution in [2.45, 2.75) is 62.8 Å². The molecule has 2 aromatic heterocycles. The summed E-state index contributed by atoms with van der Waals surface area (Å²) < 4.78 is 5.18. The van der Waals surface area contributed by atoms with Crippen LogP contribution in [0.1, 0.15) is 79.5 Å². The third kappa shape index (κ3) is 4.84. The van der Waals surface area contributed by atoms with E-state index >= 15 is 0 Å². The molecule has 10 rings (SSSR count). The average molecular weight is 647 g/mol. The molecule has 0 radical (unpaired) electrons. The Labute approximate surface area is 294 Å². The summed E-state index contributed by atoms with van der Waals surface area (Å²) in [4.78, 5) is 0. The van der Waals surface area contributed by atoms with E-state index in [-0.39, 0.29) is 0 Å². The fourth-order valence-electron chi connectivity index (χ4n) is 9.33. The molecule has 2 nitrogen and oxygen atoms in total. The largest absolute Gasteiger partial charge is 0.337 e. The standard InChI is InChI=1S/C48H42N2/c1-3-13-33(14-4-1)39-17-7-8-18-40(39)34-23-27-38(28-24-34)50-46-22-12-10-20-42(46)44-32-36(26-30-48(44)50)35-25-29-47-43(31-35)41-19-9-11-21-45(41)49(47)37-15-5-2-6-16-37/h1-5,7-13,17-23,25,27,29-33,36-37H,6,14-16,24,26,28H2. The van der Waals surface area contributed by atoms with Crippen LogP contribution in [0.2, 0.25) is 0 Å². The zero-order valence-corrected chi connectivity index (χ0v) is 28.5. The molecule has 0 bridgehead atoms. The van der Waals surface area contributed by atoms with Crippen molar-refractivity contribution in [2.24, 2.45) is 0 Å². The van der Waals surface area contributed by atoms with Crippen molar-refractivity contribution in [3.05, 3.63) is 167 Å². The smallest absolute Gasteiger partial charge is 0.0537 e. The zero-order valence-electron chi connectivity index (χ0n) is 28.5. The molecule has 3 atom stereocenters. The molecule has 0 saturated carbocycles. The molecule has 0 saturated heterocycles. The van der Waals surface area contributed by atoms with Crippen LogP contribution in [0.25, 0.3) is 56.1 Å². The summed E-state index contributed by atoms with van der Waals surface area (Å²) in [6.45, 7) is 0. The van der Waals surface area contributed by atoms with E-state index in [9.17, 15) is 0 Å². The SMILES string of the molecule is C1=CCC(c2ccccc2C2=CC=C(n3c4c(c5ccccc53)=CC(c3ccc5c(c3)c3ccccc3n5C3CC=CCC3)CC=4)CC2)C=C1. The number of rotatable bonds is 5. The second kappa shape index (κ2) is 12.2. The van der Waals surface area contributed by atoms with Crippen molar-refractivity contribution in [1.82, 2.24) is 9.13 Å². The molecule has 0 spiro atoms. The minimum absolute atomic E-state index is 0.345. The van der Waals surface area contributed by atoms with Crippen LogP contribution in [0.5, 0.6) is 0 Å². The van der Waals surface area contributed by atoms with Gasteiger partial charge >= 0.3 is 0 Å². The van der Waals surface area contributed by atoms with Gasteiger partial charge in [-0.1, -0.05) is 121 Å². The summed E-state index contributed by atoms with van der Waals surface area (Å²) in [5.41, 5.74) is 11.2. The fourth-order valence-corrected chi connectivity index (χ4v) is 9.33. The van der Waals surface area contributed by atoms with Crippen molar-refractivity contribution in [3.63, 3.8) is 0 Å². The second-order valence-corrected chi connectivity index (χ2v) is 14.6. The van der Waals surface area contributed by atoms with Crippen molar-refractivity contribution < 1.29 is 0 Å². The van der Waals surface area contributed by atoms with Gasteiger partial charge in [-0.05, 0) is 97.6 Å². The van der Waals surface area contributed by atoms with Crippen LogP contribution >= 0.6 is 0 Å². The topological polar surface area (TPSA) is 9.86 Å². The van der Waals surface area contributed by atoms with Gasteiger partial charge < -0.3 is 9.13 Å². The Morgan fingerprint density at radius 1 is 0.620 bits per heavy atom. The summed E-state index contributed by atoms with van der Waals surface area (Å²) in [5.74, 6) is 0.799. The molecular formula is C48H42N2. The predicted octanol–water partition coefficient (Wildman–Crippen LogP) is 11.1. The first kappa shape index (κ1) is 29.6. The highest BCUT2D eigenvalue weighted by Crippen LogP contribution is 2.39. The minimum Gasteiger partial charge on any atom is -0.337 e. The number of nitrogens with zero attached hydrogens (tertiary/aromatic N) is 2. The van der Waals surface area contributed by atoms with E-state index in [0.29, 0.717) is 17.9 Å². The number of benzene rings is 4. The van der Waals surface area contributed by atoms with Crippen molar-refractivity contribution in [1.29, 1.82) is 0 Å². The summed E-state index contributed by atoms with van der Waals surface area (Å²) in [7, 11) is 0. The molecule has 244 valence electrons. The Hall–Kier alpha value is -5.34. The van der Waals surface area contributed by atoms with E-state index in [1.54, 1.807) is 0 Å². The highest BCUT2D eigenvalue weighted by atomic mass is 15.0. The van der Waals surface area contributed by atoms with E-state index in [1.165, 1.54) is 77.7 Å². The molecular weight excluding hydrogens is 605 g/mol. The molecule has 4 aliphatic rings. The van der Waals surface area contributed by atoms with Gasteiger partial charge in [0.25, 0.3) is 0 Å². The quantitative estimate of drug-likeness (QED) is 0.165. The van der Waals surface area contributed by atoms with Gasteiger partial charge in [0, 0.05) is 61.3 Å². The number of para-hydroxylation sites is 2. The van der Waals surface area contributed by atoms with E-state index < -0.39 is 0 Å². The molecule has 0 N–H and O–H groups in total. The van der Waals surface area contributed by atoms with Crippen molar-refractivity contribution in [2.75, 3.05) is 0 Å². The number of hydrogen-bond donors (Lipinski definition) is 0. The Kier molecular flexibility index (Phi) is 7.22. The van der Waals surface area contributed by atoms with Gasteiger partial charge in [-0.3, -0.25) is 0 Å². The lowest BCUT2D eigenvalue weighted by Crippen LogP contribution is -2.32. The lowest BCUT2D eigenvalue weighted by Gasteiger charge is -2.23. The van der Waals surface area contributed by atoms with Crippen LogP contribution in [-0.4, -0.2) is 9.13 Å². The summed E-state index contributed by atoms with van der Waals surface area (Å²) in [6, 6.07) is 34.9. The number of allylic oxidation sites excluding steroid dienone is 10. The Morgan fingerprint density at radius 2 is 1.46 bits per heavy atom. The first-order valence-electron chi connectivity index (χ1n) is 18.6. The molecule has 4 aliphatic carbocycles. The van der Waals surface area contributed by atoms with E-state index in [2.05, 4.69) is 161 Å². The van der Waals surface area contributed by atoms with Crippen molar-refractivity contribution >= 4 is 56.1 Å². The third-order valence-electron chi connectivity index (χ3n) is 11.8. The molecule has 0 aliphatic heterocycles. The van der Waals surface area contributed by atoms with Gasteiger partial charge in [-0.2, -0.15) is 0 Å².